The third-order valence-electron chi connectivity index (χ3n) is 6.66. The average molecular weight is 411 g/mol. The molecule has 2 aliphatic heterocycles. The van der Waals surface area contributed by atoms with Crippen molar-refractivity contribution in [1.82, 2.24) is 20.0 Å². The quantitative estimate of drug-likeness (QED) is 0.841. The van der Waals surface area contributed by atoms with Crippen molar-refractivity contribution >= 4 is 17.5 Å². The fourth-order valence-corrected chi connectivity index (χ4v) is 4.54. The van der Waals surface area contributed by atoms with E-state index in [2.05, 4.69) is 15.1 Å². The summed E-state index contributed by atoms with van der Waals surface area (Å²) >= 11 is 0. The Morgan fingerprint density at radius 3 is 2.40 bits per heavy atom. The maximum atomic E-state index is 13.2. The molecule has 2 aromatic rings. The Labute approximate surface area is 174 Å². The molecule has 1 aliphatic carbocycles. The molecule has 1 aromatic heterocycles. The van der Waals surface area contributed by atoms with E-state index in [4.69, 9.17) is 0 Å². The van der Waals surface area contributed by atoms with Gasteiger partial charge in [-0.2, -0.15) is 5.10 Å². The molecule has 2 amide bonds. The van der Waals surface area contributed by atoms with Crippen LogP contribution in [0, 0.1) is 11.7 Å². The lowest BCUT2D eigenvalue weighted by Gasteiger charge is -2.36. The van der Waals surface area contributed by atoms with Crippen molar-refractivity contribution in [3.05, 3.63) is 47.0 Å². The van der Waals surface area contributed by atoms with Crippen LogP contribution in [0.2, 0.25) is 0 Å². The Kier molecular flexibility index (Phi) is 4.92. The predicted molar refractivity (Wildman–Crippen MR) is 110 cm³/mol. The van der Waals surface area contributed by atoms with Gasteiger partial charge in [-0.05, 0) is 37.1 Å². The van der Waals surface area contributed by atoms with Crippen LogP contribution >= 0.6 is 0 Å². The lowest BCUT2D eigenvalue weighted by Crippen LogP contribution is -2.49. The Balaban J connectivity index is 1.25. The van der Waals surface area contributed by atoms with Crippen LogP contribution < -0.4 is 4.90 Å². The normalized spacial score (nSPS) is 19.4. The summed E-state index contributed by atoms with van der Waals surface area (Å²) in [5.74, 6) is 0.0569. The lowest BCUT2D eigenvalue weighted by molar-refractivity contribution is -0.139. The number of piperazine rings is 1. The summed E-state index contributed by atoms with van der Waals surface area (Å²) in [4.78, 5) is 31.7. The molecule has 3 aliphatic rings. The second-order valence-electron chi connectivity index (χ2n) is 8.42. The molecule has 0 spiro atoms. The summed E-state index contributed by atoms with van der Waals surface area (Å²) < 4.78 is 13.2. The monoisotopic (exact) mass is 411 g/mol. The second kappa shape index (κ2) is 7.74. The van der Waals surface area contributed by atoms with Crippen LogP contribution in [0.3, 0.4) is 0 Å². The zero-order valence-electron chi connectivity index (χ0n) is 16.9. The summed E-state index contributed by atoms with van der Waals surface area (Å²) in [7, 11) is 0. The van der Waals surface area contributed by atoms with Gasteiger partial charge in [0.15, 0.2) is 5.69 Å². The fourth-order valence-electron chi connectivity index (χ4n) is 4.54. The van der Waals surface area contributed by atoms with Gasteiger partial charge in [0, 0.05) is 68.6 Å². The maximum Gasteiger partial charge on any atom is 0.274 e. The van der Waals surface area contributed by atoms with E-state index in [1.54, 1.807) is 12.1 Å². The van der Waals surface area contributed by atoms with Gasteiger partial charge in [0.2, 0.25) is 5.91 Å². The topological polar surface area (TPSA) is 72.5 Å². The van der Waals surface area contributed by atoms with Crippen LogP contribution in [0.5, 0.6) is 0 Å². The van der Waals surface area contributed by atoms with Crippen LogP contribution in [0.25, 0.3) is 0 Å². The summed E-state index contributed by atoms with van der Waals surface area (Å²) in [5, 5.41) is 7.34. The van der Waals surface area contributed by atoms with E-state index >= 15 is 0 Å². The molecule has 1 saturated heterocycles. The molecule has 1 aromatic carbocycles. The van der Waals surface area contributed by atoms with Gasteiger partial charge in [-0.1, -0.05) is 6.42 Å². The molecule has 1 saturated carbocycles. The number of aromatic nitrogens is 2. The summed E-state index contributed by atoms with van der Waals surface area (Å²) in [6, 6.07) is 6.45. The van der Waals surface area contributed by atoms with E-state index in [-0.39, 0.29) is 23.5 Å². The van der Waals surface area contributed by atoms with Crippen molar-refractivity contribution in [3.63, 3.8) is 0 Å². The molecule has 5 rings (SSSR count). The van der Waals surface area contributed by atoms with E-state index in [0.29, 0.717) is 51.4 Å². The number of nitrogens with zero attached hydrogens (tertiary/aromatic N) is 4. The molecular weight excluding hydrogens is 385 g/mol. The Bertz CT molecular complexity index is 945. The highest BCUT2D eigenvalue weighted by Gasteiger charge is 2.34. The van der Waals surface area contributed by atoms with Crippen LogP contribution in [0.4, 0.5) is 10.1 Å². The van der Waals surface area contributed by atoms with Gasteiger partial charge in [-0.3, -0.25) is 14.7 Å². The standard InChI is InChI=1S/C22H26FN5O2/c23-16-4-6-17(7-5-16)26-10-12-27(13-11-26)22(30)20-18-14-28(9-8-19(18)24-25-20)21(29)15-2-1-3-15/h4-7,15H,1-3,8-14H2,(H,24,25). The summed E-state index contributed by atoms with van der Waals surface area (Å²) in [6.45, 7) is 3.71. The molecule has 2 fully saturated rings. The number of hydrogen-bond donors (Lipinski definition) is 1. The number of carbonyl (C=O) groups is 2. The van der Waals surface area contributed by atoms with Crippen LogP contribution in [-0.4, -0.2) is 64.5 Å². The van der Waals surface area contributed by atoms with E-state index in [9.17, 15) is 14.0 Å². The van der Waals surface area contributed by atoms with Gasteiger partial charge < -0.3 is 14.7 Å². The zero-order valence-corrected chi connectivity index (χ0v) is 16.9. The highest BCUT2D eigenvalue weighted by atomic mass is 19.1. The van der Waals surface area contributed by atoms with Gasteiger partial charge >= 0.3 is 0 Å². The third kappa shape index (κ3) is 3.44. The lowest BCUT2D eigenvalue weighted by atomic mass is 9.84. The Morgan fingerprint density at radius 1 is 1.00 bits per heavy atom. The largest absolute Gasteiger partial charge is 0.368 e. The van der Waals surface area contributed by atoms with Crippen molar-refractivity contribution in [3.8, 4) is 0 Å². The minimum absolute atomic E-state index is 0.0794. The van der Waals surface area contributed by atoms with Gasteiger partial charge in [0.1, 0.15) is 5.82 Å². The van der Waals surface area contributed by atoms with E-state index < -0.39 is 0 Å². The molecule has 8 heteroatoms. The van der Waals surface area contributed by atoms with Gasteiger partial charge in [0.05, 0.1) is 0 Å². The molecule has 7 nitrogen and oxygen atoms in total. The predicted octanol–water partition coefficient (Wildman–Crippen LogP) is 2.20. The van der Waals surface area contributed by atoms with Gasteiger partial charge in [0.25, 0.3) is 5.91 Å². The first kappa shape index (κ1) is 19.1. The number of benzene rings is 1. The molecule has 0 atom stereocenters. The molecule has 3 heterocycles. The number of amides is 2. The van der Waals surface area contributed by atoms with E-state index in [1.165, 1.54) is 12.1 Å². The molecule has 0 radical (unpaired) electrons. The number of fused-ring (bicyclic) bond motifs is 1. The summed E-state index contributed by atoms with van der Waals surface area (Å²) in [5.41, 5.74) is 3.26. The molecule has 1 N–H and O–H groups in total. The van der Waals surface area contributed by atoms with Gasteiger partial charge in [-0.25, -0.2) is 4.39 Å². The minimum Gasteiger partial charge on any atom is -0.368 e. The first-order chi connectivity index (χ1) is 14.6. The van der Waals surface area contributed by atoms with Crippen LogP contribution in [0.15, 0.2) is 24.3 Å². The van der Waals surface area contributed by atoms with Crippen molar-refractivity contribution in [2.45, 2.75) is 32.2 Å². The number of carbonyl (C=O) groups excluding carboxylic acids is 2. The minimum atomic E-state index is -0.249. The maximum absolute atomic E-state index is 13.2. The molecule has 0 unspecified atom stereocenters. The number of aromatic amines is 1. The average Bonchev–Trinajstić information content (AvgIpc) is 3.16. The molecule has 0 bridgehead atoms. The van der Waals surface area contributed by atoms with Crippen molar-refractivity contribution in [2.75, 3.05) is 37.6 Å². The van der Waals surface area contributed by atoms with Gasteiger partial charge in [-0.15, -0.1) is 0 Å². The second-order valence-corrected chi connectivity index (χ2v) is 8.42. The first-order valence-corrected chi connectivity index (χ1v) is 10.7. The van der Waals surface area contributed by atoms with Crippen LogP contribution in [0.1, 0.15) is 41.0 Å². The summed E-state index contributed by atoms with van der Waals surface area (Å²) in [6.07, 6.45) is 3.82. The SMILES string of the molecule is O=C(c1n[nH]c2c1CN(C(=O)C1CCC1)CC2)N1CCN(c2ccc(F)cc2)CC1. The molecule has 30 heavy (non-hydrogen) atoms. The van der Waals surface area contributed by atoms with Crippen molar-refractivity contribution in [1.29, 1.82) is 0 Å². The number of H-pyrrole nitrogens is 1. The van der Waals surface area contributed by atoms with E-state index in [0.717, 1.165) is 36.2 Å². The number of anilines is 1. The highest BCUT2D eigenvalue weighted by Crippen LogP contribution is 2.31. The first-order valence-electron chi connectivity index (χ1n) is 10.7. The molecular formula is C22H26FN5O2. The highest BCUT2D eigenvalue weighted by molar-refractivity contribution is 5.94. The number of hydrogen-bond acceptors (Lipinski definition) is 4. The van der Waals surface area contributed by atoms with Crippen LogP contribution in [-0.2, 0) is 17.8 Å². The smallest absolute Gasteiger partial charge is 0.274 e. The Hall–Kier alpha value is -2.90. The Morgan fingerprint density at radius 2 is 1.73 bits per heavy atom. The zero-order chi connectivity index (χ0) is 20.7. The third-order valence-corrected chi connectivity index (χ3v) is 6.66. The van der Waals surface area contributed by atoms with Crippen molar-refractivity contribution < 1.29 is 14.0 Å². The molecule has 158 valence electrons. The van der Waals surface area contributed by atoms with E-state index in [1.807, 2.05) is 9.80 Å². The number of nitrogens with one attached hydrogen (secondary N) is 1. The number of halogens is 1. The number of rotatable bonds is 3. The fraction of sp³-hybridized carbons (Fsp3) is 0.500. The van der Waals surface area contributed by atoms with Crippen molar-refractivity contribution in [2.24, 2.45) is 5.92 Å².